The lowest BCUT2D eigenvalue weighted by Gasteiger charge is -2.11. The highest BCUT2D eigenvalue weighted by atomic mass is 16.5. The van der Waals surface area contributed by atoms with Crippen molar-refractivity contribution in [2.75, 3.05) is 6.61 Å². The Morgan fingerprint density at radius 1 is 1.06 bits per heavy atom. The summed E-state index contributed by atoms with van der Waals surface area (Å²) in [5, 5.41) is 0. The Morgan fingerprint density at radius 3 is 2.12 bits per heavy atom. The van der Waals surface area contributed by atoms with Crippen molar-refractivity contribution in [1.29, 1.82) is 0 Å². The van der Waals surface area contributed by atoms with Gasteiger partial charge in [0.05, 0.1) is 0 Å². The number of rotatable bonds is 2. The van der Waals surface area contributed by atoms with Gasteiger partial charge in [-0.2, -0.15) is 0 Å². The van der Waals surface area contributed by atoms with Crippen LogP contribution in [0.5, 0.6) is 0 Å². The van der Waals surface area contributed by atoms with Crippen LogP contribution in [0.4, 0.5) is 0 Å². The van der Waals surface area contributed by atoms with Gasteiger partial charge in [0, 0.05) is 5.92 Å². The molecular formula is C15H12O2. The van der Waals surface area contributed by atoms with Crippen molar-refractivity contribution in [1.82, 2.24) is 0 Å². The number of hydrogen-bond acceptors (Lipinski definition) is 2. The van der Waals surface area contributed by atoms with Crippen LogP contribution in [-0.2, 0) is 9.53 Å². The second kappa shape index (κ2) is 4.06. The summed E-state index contributed by atoms with van der Waals surface area (Å²) in [6.07, 6.45) is -0.975. The normalized spacial score (nSPS) is 13.8. The van der Waals surface area contributed by atoms with Gasteiger partial charge < -0.3 is 4.74 Å². The van der Waals surface area contributed by atoms with E-state index in [0.29, 0.717) is 0 Å². The number of ether oxygens (including phenoxy) is 1. The molecule has 2 nitrogen and oxygen atoms in total. The van der Waals surface area contributed by atoms with E-state index < -0.39 is 6.45 Å². The van der Waals surface area contributed by atoms with Gasteiger partial charge in [-0.05, 0) is 22.3 Å². The molecule has 0 saturated carbocycles. The van der Waals surface area contributed by atoms with Crippen molar-refractivity contribution in [3.8, 4) is 11.1 Å². The minimum Gasteiger partial charge on any atom is -0.467 e. The number of hydrogen-bond donors (Lipinski definition) is 0. The molecule has 0 bridgehead atoms. The summed E-state index contributed by atoms with van der Waals surface area (Å²) < 4.78 is 11.7. The molecule has 2 aromatic rings. The molecule has 1 aliphatic rings. The molecule has 0 radical (unpaired) electrons. The lowest BCUT2D eigenvalue weighted by atomic mass is 9.98. The predicted molar refractivity (Wildman–Crippen MR) is 65.7 cm³/mol. The van der Waals surface area contributed by atoms with Crippen molar-refractivity contribution in [3.05, 3.63) is 59.7 Å². The van der Waals surface area contributed by atoms with E-state index in [9.17, 15) is 4.79 Å². The Morgan fingerprint density at radius 2 is 1.59 bits per heavy atom. The second-order valence-corrected chi connectivity index (χ2v) is 4.12. The Bertz CT molecular complexity index is 561. The zero-order valence-electron chi connectivity index (χ0n) is 10.2. The average molecular weight is 226 g/mol. The molecule has 17 heavy (non-hydrogen) atoms. The van der Waals surface area contributed by atoms with Crippen LogP contribution in [0, 0.1) is 0 Å². The van der Waals surface area contributed by atoms with Crippen molar-refractivity contribution < 1.29 is 10.9 Å². The van der Waals surface area contributed by atoms with Gasteiger partial charge in [0.2, 0.25) is 0 Å². The maximum atomic E-state index is 10.7. The van der Waals surface area contributed by atoms with Crippen molar-refractivity contribution in [3.63, 3.8) is 0 Å². The summed E-state index contributed by atoms with van der Waals surface area (Å²) in [4.78, 5) is 10.7. The summed E-state index contributed by atoms with van der Waals surface area (Å²) in [6.45, 7) is 0.232. The molecule has 2 aromatic carbocycles. The van der Waals surface area contributed by atoms with Gasteiger partial charge in [-0.1, -0.05) is 48.5 Å². The van der Waals surface area contributed by atoms with Crippen LogP contribution in [0.2, 0.25) is 0 Å². The van der Waals surface area contributed by atoms with E-state index in [1.165, 1.54) is 22.3 Å². The Kier molecular flexibility index (Phi) is 2.15. The minimum absolute atomic E-state index is 0.0479. The summed E-state index contributed by atoms with van der Waals surface area (Å²) >= 11 is 0. The molecule has 2 heteroatoms. The lowest BCUT2D eigenvalue weighted by molar-refractivity contribution is -0.128. The van der Waals surface area contributed by atoms with Gasteiger partial charge in [0.1, 0.15) is 6.61 Å². The molecule has 3 rings (SSSR count). The van der Waals surface area contributed by atoms with Crippen LogP contribution in [-0.4, -0.2) is 13.1 Å². The number of carbonyl (C=O) groups is 1. The molecule has 0 aliphatic heterocycles. The largest absolute Gasteiger partial charge is 0.467 e. The van der Waals surface area contributed by atoms with E-state index >= 15 is 0 Å². The monoisotopic (exact) mass is 226 g/mol. The summed E-state index contributed by atoms with van der Waals surface area (Å²) in [6, 6.07) is 16.3. The fraction of sp³-hybridized carbons (Fsp3) is 0.133. The molecule has 84 valence electrons. The average Bonchev–Trinajstić information content (AvgIpc) is 2.71. The van der Waals surface area contributed by atoms with Gasteiger partial charge in [-0.25, -0.2) is 0 Å². The first-order chi connectivity index (χ1) is 8.77. The Balaban J connectivity index is 2.06. The zero-order valence-corrected chi connectivity index (χ0v) is 9.22. The summed E-state index contributed by atoms with van der Waals surface area (Å²) in [7, 11) is 0. The molecule has 1 aliphatic carbocycles. The summed E-state index contributed by atoms with van der Waals surface area (Å²) in [5.74, 6) is 0.0479. The highest BCUT2D eigenvalue weighted by molar-refractivity contribution is 5.78. The fourth-order valence-corrected chi connectivity index (χ4v) is 2.56. The molecule has 0 aromatic heterocycles. The van der Waals surface area contributed by atoms with E-state index in [0.717, 1.165) is 0 Å². The van der Waals surface area contributed by atoms with Crippen molar-refractivity contribution >= 4 is 6.45 Å². The second-order valence-electron chi connectivity index (χ2n) is 4.12. The molecule has 0 fully saturated rings. The van der Waals surface area contributed by atoms with E-state index in [1.54, 1.807) is 0 Å². The molecule has 0 N–H and O–H groups in total. The Hall–Kier alpha value is -2.09. The van der Waals surface area contributed by atoms with E-state index in [2.05, 4.69) is 24.3 Å². The fourth-order valence-electron chi connectivity index (χ4n) is 2.56. The van der Waals surface area contributed by atoms with Crippen LogP contribution in [0.25, 0.3) is 11.1 Å². The third kappa shape index (κ3) is 1.53. The zero-order chi connectivity index (χ0) is 12.5. The maximum absolute atomic E-state index is 10.7. The van der Waals surface area contributed by atoms with Crippen LogP contribution in [0.15, 0.2) is 48.5 Å². The van der Waals surface area contributed by atoms with Crippen molar-refractivity contribution in [2.45, 2.75) is 5.92 Å². The standard InChI is InChI=1S/C15H12O2/c16-10-17-9-15-13-7-3-1-5-11(13)12-6-2-4-8-14(12)15/h1-8,10,15H,9H2/i10T. The Labute approximate surface area is 101 Å². The smallest absolute Gasteiger partial charge is 0.293 e. The lowest BCUT2D eigenvalue weighted by Crippen LogP contribution is -2.05. The van der Waals surface area contributed by atoms with Gasteiger partial charge in [-0.15, -0.1) is 0 Å². The third-order valence-electron chi connectivity index (χ3n) is 3.27. The first-order valence-electron chi connectivity index (χ1n) is 6.09. The quantitative estimate of drug-likeness (QED) is 0.736. The highest BCUT2D eigenvalue weighted by Gasteiger charge is 2.28. The molecular weight excluding hydrogens is 212 g/mol. The van der Waals surface area contributed by atoms with Crippen LogP contribution >= 0.6 is 0 Å². The molecule has 0 unspecified atom stereocenters. The number of benzene rings is 2. The van der Waals surface area contributed by atoms with Gasteiger partial charge >= 0.3 is 0 Å². The predicted octanol–water partition coefficient (Wildman–Crippen LogP) is 2.97. The maximum Gasteiger partial charge on any atom is 0.293 e. The molecule has 0 atom stereocenters. The molecule has 0 spiro atoms. The van der Waals surface area contributed by atoms with E-state index in [4.69, 9.17) is 6.11 Å². The van der Waals surface area contributed by atoms with Crippen molar-refractivity contribution in [2.24, 2.45) is 0 Å². The molecule has 0 saturated heterocycles. The topological polar surface area (TPSA) is 26.3 Å². The van der Waals surface area contributed by atoms with Crippen LogP contribution in [0.1, 0.15) is 18.4 Å². The van der Waals surface area contributed by atoms with Crippen LogP contribution in [0.3, 0.4) is 0 Å². The SMILES string of the molecule is [3H]C(=O)OCC1c2ccccc2-c2ccccc21. The number of fused-ring (bicyclic) bond motifs is 3. The molecule has 0 heterocycles. The van der Waals surface area contributed by atoms with Gasteiger partial charge in [-0.3, -0.25) is 4.79 Å². The molecule has 0 amide bonds. The van der Waals surface area contributed by atoms with E-state index in [1.807, 2.05) is 24.3 Å². The first kappa shape index (κ1) is 8.99. The highest BCUT2D eigenvalue weighted by Crippen LogP contribution is 2.44. The third-order valence-corrected chi connectivity index (χ3v) is 3.27. The number of carbonyl (C=O) groups excluding carboxylic acids is 1. The van der Waals surface area contributed by atoms with E-state index in [-0.39, 0.29) is 12.5 Å². The van der Waals surface area contributed by atoms with Gasteiger partial charge in [0.25, 0.3) is 6.45 Å². The van der Waals surface area contributed by atoms with Gasteiger partial charge in [0.15, 0.2) is 1.37 Å². The summed E-state index contributed by atoms with van der Waals surface area (Å²) in [5.41, 5.74) is 4.72. The van der Waals surface area contributed by atoms with Crippen LogP contribution < -0.4 is 0 Å². The first-order valence-corrected chi connectivity index (χ1v) is 5.59. The minimum atomic E-state index is -0.975.